The van der Waals surface area contributed by atoms with E-state index in [4.69, 9.17) is 22.1 Å². The number of pyridine rings is 1. The molecule has 2 N–H and O–H groups in total. The second kappa shape index (κ2) is 6.80. The van der Waals surface area contributed by atoms with Crippen molar-refractivity contribution in [1.82, 2.24) is 4.98 Å². The third kappa shape index (κ3) is 3.62. The fraction of sp³-hybridized carbons (Fsp3) is 0.214. The van der Waals surface area contributed by atoms with Gasteiger partial charge in [-0.2, -0.15) is 0 Å². The number of aromatic nitrogens is 1. The normalized spacial score (nSPS) is 12.2. The van der Waals surface area contributed by atoms with Crippen LogP contribution in [0.1, 0.15) is 10.8 Å². The Morgan fingerprint density at radius 1 is 1.37 bits per heavy atom. The van der Waals surface area contributed by atoms with Crippen LogP contribution in [-0.2, 0) is 0 Å². The average Bonchev–Trinajstić information content (AvgIpc) is 2.46. The van der Waals surface area contributed by atoms with Crippen LogP contribution in [0.4, 0.5) is 0 Å². The van der Waals surface area contributed by atoms with Crippen LogP contribution >= 0.6 is 23.4 Å². The quantitative estimate of drug-likeness (QED) is 0.857. The van der Waals surface area contributed by atoms with Gasteiger partial charge in [0.25, 0.3) is 0 Å². The summed E-state index contributed by atoms with van der Waals surface area (Å²) in [6.45, 7) is 0.505. The van der Waals surface area contributed by atoms with Gasteiger partial charge < -0.3 is 10.5 Å². The van der Waals surface area contributed by atoms with E-state index < -0.39 is 0 Å². The van der Waals surface area contributed by atoms with Gasteiger partial charge in [-0.3, -0.25) is 0 Å². The zero-order valence-corrected chi connectivity index (χ0v) is 12.1. The second-order valence-electron chi connectivity index (χ2n) is 3.91. The van der Waals surface area contributed by atoms with Crippen molar-refractivity contribution < 1.29 is 4.74 Å². The van der Waals surface area contributed by atoms with Crippen LogP contribution in [0.5, 0.6) is 5.75 Å². The summed E-state index contributed by atoms with van der Waals surface area (Å²) in [5, 5.41) is 1.54. The molecule has 0 fully saturated rings. The van der Waals surface area contributed by atoms with E-state index in [0.717, 1.165) is 16.3 Å². The molecule has 2 rings (SSSR count). The molecule has 0 saturated heterocycles. The number of methoxy groups -OCH3 is 1. The van der Waals surface area contributed by atoms with Crippen molar-refractivity contribution >= 4 is 23.4 Å². The molecule has 0 spiro atoms. The highest BCUT2D eigenvalue weighted by atomic mass is 35.5. The Labute approximate surface area is 122 Å². The summed E-state index contributed by atoms with van der Waals surface area (Å²) in [5.74, 6) is 0.823. The third-order valence-electron chi connectivity index (χ3n) is 2.66. The second-order valence-corrected chi connectivity index (χ2v) is 5.51. The molecule has 0 aliphatic heterocycles. The van der Waals surface area contributed by atoms with Crippen molar-refractivity contribution in [3.05, 3.63) is 53.2 Å². The Kier molecular flexibility index (Phi) is 5.07. The Hall–Kier alpha value is -1.23. The Morgan fingerprint density at radius 3 is 2.89 bits per heavy atom. The highest BCUT2D eigenvalue weighted by Crippen LogP contribution is 2.37. The predicted molar refractivity (Wildman–Crippen MR) is 79.9 cm³/mol. The lowest BCUT2D eigenvalue weighted by molar-refractivity contribution is 0.414. The molecule has 0 amide bonds. The first-order chi connectivity index (χ1) is 9.24. The molecule has 1 atom stereocenters. The minimum absolute atomic E-state index is 0.0995. The number of hydrogen-bond acceptors (Lipinski definition) is 4. The van der Waals surface area contributed by atoms with Gasteiger partial charge >= 0.3 is 0 Å². The zero-order valence-electron chi connectivity index (χ0n) is 10.5. The summed E-state index contributed by atoms with van der Waals surface area (Å²) in [6.07, 6.45) is 1.73. The van der Waals surface area contributed by atoms with Crippen LogP contribution in [0.25, 0.3) is 0 Å². The molecule has 1 heterocycles. The zero-order chi connectivity index (χ0) is 13.7. The Balaban J connectivity index is 2.22. The van der Waals surface area contributed by atoms with Gasteiger partial charge in [0.1, 0.15) is 10.8 Å². The van der Waals surface area contributed by atoms with E-state index in [9.17, 15) is 0 Å². The van der Waals surface area contributed by atoms with Crippen LogP contribution in [0, 0.1) is 0 Å². The number of hydrogen-bond donors (Lipinski definition) is 1. The molecular formula is C14H15ClN2OS. The molecule has 1 aromatic carbocycles. The molecule has 0 aliphatic carbocycles. The highest BCUT2D eigenvalue weighted by molar-refractivity contribution is 7.99. The molecular weight excluding hydrogens is 280 g/mol. The first-order valence-electron chi connectivity index (χ1n) is 5.85. The Morgan fingerprint density at radius 2 is 2.21 bits per heavy atom. The smallest absolute Gasteiger partial charge is 0.119 e. The predicted octanol–water partition coefficient (Wildman–Crippen LogP) is 3.54. The number of benzene rings is 1. The van der Waals surface area contributed by atoms with Gasteiger partial charge in [0.15, 0.2) is 0 Å². The van der Waals surface area contributed by atoms with E-state index in [1.807, 2.05) is 36.4 Å². The minimum atomic E-state index is 0.0995. The van der Waals surface area contributed by atoms with Crippen molar-refractivity contribution in [2.24, 2.45) is 5.73 Å². The van der Waals surface area contributed by atoms with Gasteiger partial charge in [0.2, 0.25) is 0 Å². The molecule has 5 heteroatoms. The van der Waals surface area contributed by atoms with E-state index in [0.29, 0.717) is 11.6 Å². The molecule has 1 unspecified atom stereocenters. The minimum Gasteiger partial charge on any atom is -0.497 e. The van der Waals surface area contributed by atoms with Crippen molar-refractivity contribution in [3.8, 4) is 5.75 Å². The summed E-state index contributed by atoms with van der Waals surface area (Å²) in [4.78, 5) is 4.28. The first kappa shape index (κ1) is 14.2. The SMILES string of the molecule is COc1cccc(C(CN)Sc2ncccc2Cl)c1. The summed E-state index contributed by atoms with van der Waals surface area (Å²) in [5.41, 5.74) is 6.97. The van der Waals surface area contributed by atoms with Crippen molar-refractivity contribution in [1.29, 1.82) is 0 Å². The van der Waals surface area contributed by atoms with Crippen LogP contribution in [-0.4, -0.2) is 18.6 Å². The van der Waals surface area contributed by atoms with E-state index >= 15 is 0 Å². The van der Waals surface area contributed by atoms with Gasteiger partial charge in [-0.15, -0.1) is 0 Å². The molecule has 100 valence electrons. The highest BCUT2D eigenvalue weighted by Gasteiger charge is 2.14. The molecule has 1 aromatic heterocycles. The van der Waals surface area contributed by atoms with Gasteiger partial charge in [0, 0.05) is 18.0 Å². The lowest BCUT2D eigenvalue weighted by Crippen LogP contribution is -2.09. The molecule has 2 aromatic rings. The van der Waals surface area contributed by atoms with Crippen LogP contribution in [0.2, 0.25) is 5.02 Å². The average molecular weight is 295 g/mol. The number of halogens is 1. The summed E-state index contributed by atoms with van der Waals surface area (Å²) >= 11 is 7.69. The Bertz CT molecular complexity index is 550. The standard InChI is InChI=1S/C14H15ClN2OS/c1-18-11-5-2-4-10(8-11)13(9-16)19-14-12(15)6-3-7-17-14/h2-8,13H,9,16H2,1H3. The van der Waals surface area contributed by atoms with Crippen molar-refractivity contribution in [2.75, 3.05) is 13.7 Å². The maximum Gasteiger partial charge on any atom is 0.119 e. The number of nitrogens with zero attached hydrogens (tertiary/aromatic N) is 1. The maximum atomic E-state index is 6.12. The summed E-state index contributed by atoms with van der Waals surface area (Å²) < 4.78 is 5.23. The number of nitrogens with two attached hydrogens (primary N) is 1. The number of thioether (sulfide) groups is 1. The van der Waals surface area contributed by atoms with E-state index in [1.54, 1.807) is 25.1 Å². The van der Waals surface area contributed by atoms with Gasteiger partial charge in [-0.05, 0) is 29.8 Å². The first-order valence-corrected chi connectivity index (χ1v) is 7.11. The topological polar surface area (TPSA) is 48.1 Å². The van der Waals surface area contributed by atoms with E-state index in [2.05, 4.69) is 4.98 Å². The number of rotatable bonds is 5. The van der Waals surface area contributed by atoms with E-state index in [1.165, 1.54) is 0 Å². The maximum absolute atomic E-state index is 6.12. The summed E-state index contributed by atoms with van der Waals surface area (Å²) in [7, 11) is 1.65. The number of ether oxygens (including phenoxy) is 1. The molecule has 0 radical (unpaired) electrons. The van der Waals surface area contributed by atoms with Crippen LogP contribution in [0.15, 0.2) is 47.6 Å². The largest absolute Gasteiger partial charge is 0.497 e. The molecule has 0 bridgehead atoms. The third-order valence-corrected chi connectivity index (χ3v) is 4.37. The summed E-state index contributed by atoms with van der Waals surface area (Å²) in [6, 6.07) is 11.5. The van der Waals surface area contributed by atoms with Gasteiger partial charge in [0.05, 0.1) is 12.1 Å². The van der Waals surface area contributed by atoms with Crippen molar-refractivity contribution in [3.63, 3.8) is 0 Å². The molecule has 19 heavy (non-hydrogen) atoms. The van der Waals surface area contributed by atoms with E-state index in [-0.39, 0.29) is 5.25 Å². The fourth-order valence-electron chi connectivity index (χ4n) is 1.69. The molecule has 0 saturated carbocycles. The van der Waals surface area contributed by atoms with Crippen LogP contribution < -0.4 is 10.5 Å². The molecule has 0 aliphatic rings. The monoisotopic (exact) mass is 294 g/mol. The van der Waals surface area contributed by atoms with Gasteiger partial charge in [-0.1, -0.05) is 35.5 Å². The van der Waals surface area contributed by atoms with Gasteiger partial charge in [-0.25, -0.2) is 4.98 Å². The lowest BCUT2D eigenvalue weighted by Gasteiger charge is -2.15. The van der Waals surface area contributed by atoms with Crippen molar-refractivity contribution in [2.45, 2.75) is 10.3 Å². The fourth-order valence-corrected chi connectivity index (χ4v) is 2.89. The molecule has 3 nitrogen and oxygen atoms in total. The lowest BCUT2D eigenvalue weighted by atomic mass is 10.1. The van der Waals surface area contributed by atoms with Crippen LogP contribution in [0.3, 0.4) is 0 Å².